The molecule has 1 atom stereocenters. The first-order valence-corrected chi connectivity index (χ1v) is 7.17. The lowest BCUT2D eigenvalue weighted by molar-refractivity contribution is 0.0595. The van der Waals surface area contributed by atoms with Crippen molar-refractivity contribution >= 4 is 27.7 Å². The van der Waals surface area contributed by atoms with Gasteiger partial charge in [0.2, 0.25) is 5.95 Å². The average Bonchev–Trinajstić information content (AvgIpc) is 2.41. The van der Waals surface area contributed by atoms with Crippen LogP contribution >= 0.6 is 15.9 Å². The number of ether oxygens (including phenoxy) is 1. The number of halogens is 1. The number of anilines is 2. The minimum Gasteiger partial charge on any atom is -0.381 e. The van der Waals surface area contributed by atoms with Crippen LogP contribution in [0.4, 0.5) is 11.8 Å². The van der Waals surface area contributed by atoms with Gasteiger partial charge in [0, 0.05) is 25.9 Å². The zero-order valence-corrected chi connectivity index (χ0v) is 12.2. The Balaban J connectivity index is 1.92. The second-order valence-electron chi connectivity index (χ2n) is 4.38. The van der Waals surface area contributed by atoms with Crippen molar-refractivity contribution in [1.29, 1.82) is 0 Å². The first-order chi connectivity index (χ1) is 8.79. The maximum Gasteiger partial charge on any atom is 0.224 e. The van der Waals surface area contributed by atoms with Gasteiger partial charge in [0.1, 0.15) is 5.82 Å². The van der Waals surface area contributed by atoms with Gasteiger partial charge >= 0.3 is 0 Å². The molecule has 2 N–H and O–H groups in total. The van der Waals surface area contributed by atoms with Gasteiger partial charge in [-0.15, -0.1) is 0 Å². The highest BCUT2D eigenvalue weighted by Gasteiger charge is 2.14. The molecule has 100 valence electrons. The van der Waals surface area contributed by atoms with E-state index in [0.29, 0.717) is 11.9 Å². The summed E-state index contributed by atoms with van der Waals surface area (Å²) < 4.78 is 6.36. The molecule has 0 saturated carbocycles. The summed E-state index contributed by atoms with van der Waals surface area (Å²) in [6.45, 7) is 5.48. The molecule has 1 aliphatic rings. The number of nitrogens with one attached hydrogen (secondary N) is 2. The summed E-state index contributed by atoms with van der Waals surface area (Å²) in [6, 6.07) is 0. The summed E-state index contributed by atoms with van der Waals surface area (Å²) >= 11 is 3.46. The average molecular weight is 315 g/mol. The highest BCUT2D eigenvalue weighted by Crippen LogP contribution is 2.21. The van der Waals surface area contributed by atoms with Crippen molar-refractivity contribution in [2.75, 3.05) is 36.9 Å². The van der Waals surface area contributed by atoms with Crippen LogP contribution in [0.15, 0.2) is 10.7 Å². The summed E-state index contributed by atoms with van der Waals surface area (Å²) in [5.41, 5.74) is 0. The predicted molar refractivity (Wildman–Crippen MR) is 75.9 cm³/mol. The van der Waals surface area contributed by atoms with E-state index in [1.165, 1.54) is 6.42 Å². The Morgan fingerprint density at radius 1 is 1.50 bits per heavy atom. The lowest BCUT2D eigenvalue weighted by Crippen LogP contribution is -2.24. The summed E-state index contributed by atoms with van der Waals surface area (Å²) in [7, 11) is 0. The second kappa shape index (κ2) is 6.89. The lowest BCUT2D eigenvalue weighted by atomic mass is 10.0. The van der Waals surface area contributed by atoms with E-state index in [9.17, 15) is 0 Å². The summed E-state index contributed by atoms with van der Waals surface area (Å²) in [5.74, 6) is 2.07. The molecule has 18 heavy (non-hydrogen) atoms. The minimum atomic E-state index is 0.572. The number of aromatic nitrogens is 2. The van der Waals surface area contributed by atoms with Crippen LogP contribution in [0, 0.1) is 5.92 Å². The van der Waals surface area contributed by atoms with Crippen molar-refractivity contribution in [1.82, 2.24) is 9.97 Å². The molecule has 1 fully saturated rings. The van der Waals surface area contributed by atoms with Gasteiger partial charge in [0.25, 0.3) is 0 Å². The van der Waals surface area contributed by atoms with Gasteiger partial charge in [-0.25, -0.2) is 4.98 Å². The molecule has 0 spiro atoms. The van der Waals surface area contributed by atoms with Gasteiger partial charge in [0.15, 0.2) is 0 Å². The van der Waals surface area contributed by atoms with E-state index in [1.807, 2.05) is 6.92 Å². The molecule has 6 heteroatoms. The van der Waals surface area contributed by atoms with E-state index < -0.39 is 0 Å². The van der Waals surface area contributed by atoms with Crippen molar-refractivity contribution in [3.63, 3.8) is 0 Å². The lowest BCUT2D eigenvalue weighted by Gasteiger charge is -2.22. The number of hydrogen-bond donors (Lipinski definition) is 2. The van der Waals surface area contributed by atoms with E-state index in [4.69, 9.17) is 4.74 Å². The van der Waals surface area contributed by atoms with Crippen LogP contribution in [0.3, 0.4) is 0 Å². The molecule has 2 heterocycles. The number of nitrogens with zero attached hydrogens (tertiary/aromatic N) is 2. The largest absolute Gasteiger partial charge is 0.381 e. The van der Waals surface area contributed by atoms with Gasteiger partial charge in [-0.05, 0) is 41.6 Å². The zero-order chi connectivity index (χ0) is 12.8. The molecule has 1 aromatic rings. The fourth-order valence-corrected chi connectivity index (χ4v) is 2.28. The third kappa shape index (κ3) is 3.81. The second-order valence-corrected chi connectivity index (χ2v) is 5.24. The van der Waals surface area contributed by atoms with Gasteiger partial charge < -0.3 is 15.4 Å². The Morgan fingerprint density at radius 2 is 2.39 bits per heavy atom. The Labute approximate surface area is 116 Å². The van der Waals surface area contributed by atoms with E-state index in [2.05, 4.69) is 36.5 Å². The molecule has 5 nitrogen and oxygen atoms in total. The molecule has 0 amide bonds. The van der Waals surface area contributed by atoms with Crippen molar-refractivity contribution in [2.24, 2.45) is 5.92 Å². The summed E-state index contributed by atoms with van der Waals surface area (Å²) in [4.78, 5) is 8.62. The molecular formula is C12H19BrN4O. The molecule has 1 aliphatic heterocycles. The normalized spacial score (nSPS) is 19.6. The van der Waals surface area contributed by atoms with Crippen LogP contribution in [-0.4, -0.2) is 36.3 Å². The molecule has 2 rings (SSSR count). The molecule has 0 aliphatic carbocycles. The van der Waals surface area contributed by atoms with Crippen LogP contribution in [0.25, 0.3) is 0 Å². The topological polar surface area (TPSA) is 59.1 Å². The molecule has 1 unspecified atom stereocenters. The highest BCUT2D eigenvalue weighted by atomic mass is 79.9. The zero-order valence-electron chi connectivity index (χ0n) is 10.6. The molecule has 0 aromatic carbocycles. The maximum atomic E-state index is 5.47. The van der Waals surface area contributed by atoms with Crippen molar-refractivity contribution in [3.8, 4) is 0 Å². The Morgan fingerprint density at radius 3 is 3.11 bits per heavy atom. The highest BCUT2D eigenvalue weighted by molar-refractivity contribution is 9.10. The van der Waals surface area contributed by atoms with Gasteiger partial charge in [0.05, 0.1) is 11.1 Å². The molecule has 0 bridgehead atoms. The van der Waals surface area contributed by atoms with E-state index in [-0.39, 0.29) is 0 Å². The minimum absolute atomic E-state index is 0.572. The monoisotopic (exact) mass is 314 g/mol. The van der Waals surface area contributed by atoms with Crippen LogP contribution in [-0.2, 0) is 4.74 Å². The fraction of sp³-hybridized carbons (Fsp3) is 0.667. The van der Waals surface area contributed by atoms with Crippen molar-refractivity contribution in [3.05, 3.63) is 10.7 Å². The molecule has 1 saturated heterocycles. The van der Waals surface area contributed by atoms with Crippen molar-refractivity contribution in [2.45, 2.75) is 19.8 Å². The van der Waals surface area contributed by atoms with E-state index >= 15 is 0 Å². The van der Waals surface area contributed by atoms with E-state index in [1.54, 1.807) is 6.20 Å². The van der Waals surface area contributed by atoms with Crippen LogP contribution in [0.5, 0.6) is 0 Å². The Kier molecular flexibility index (Phi) is 5.19. The third-order valence-electron chi connectivity index (χ3n) is 2.89. The number of rotatable bonds is 5. The Hall–Kier alpha value is -0.880. The van der Waals surface area contributed by atoms with Crippen LogP contribution in [0.1, 0.15) is 19.8 Å². The van der Waals surface area contributed by atoms with E-state index in [0.717, 1.165) is 43.0 Å². The van der Waals surface area contributed by atoms with Crippen LogP contribution < -0.4 is 10.6 Å². The van der Waals surface area contributed by atoms with Gasteiger partial charge in [-0.2, -0.15) is 4.98 Å². The summed E-state index contributed by atoms with van der Waals surface area (Å²) in [5, 5.41) is 6.47. The molecule has 1 aromatic heterocycles. The third-order valence-corrected chi connectivity index (χ3v) is 3.47. The fourth-order valence-electron chi connectivity index (χ4n) is 1.94. The van der Waals surface area contributed by atoms with Gasteiger partial charge in [-0.1, -0.05) is 0 Å². The molecular weight excluding hydrogens is 296 g/mol. The SMILES string of the molecule is CCNc1ncc(Br)c(NCC2CCCOC2)n1. The first-order valence-electron chi connectivity index (χ1n) is 6.37. The maximum absolute atomic E-state index is 5.47. The predicted octanol–water partition coefficient (Wildman–Crippen LogP) is 2.51. The quantitative estimate of drug-likeness (QED) is 0.874. The number of hydrogen-bond acceptors (Lipinski definition) is 5. The Bertz CT molecular complexity index is 382. The summed E-state index contributed by atoms with van der Waals surface area (Å²) in [6.07, 6.45) is 4.14. The van der Waals surface area contributed by atoms with Gasteiger partial charge in [-0.3, -0.25) is 0 Å². The standard InChI is InChI=1S/C12H19BrN4O/c1-2-14-12-16-7-10(13)11(17-12)15-6-9-4-3-5-18-8-9/h7,9H,2-6,8H2,1H3,(H2,14,15,16,17). The smallest absolute Gasteiger partial charge is 0.224 e. The molecule has 0 radical (unpaired) electrons. The van der Waals surface area contributed by atoms with Crippen LogP contribution in [0.2, 0.25) is 0 Å². The van der Waals surface area contributed by atoms with Crippen molar-refractivity contribution < 1.29 is 4.74 Å². The first kappa shape index (κ1) is 13.5.